The molecule has 0 bridgehead atoms. The van der Waals surface area contributed by atoms with Crippen molar-refractivity contribution in [1.82, 2.24) is 4.90 Å². The molecular weight excluding hydrogens is 260 g/mol. The van der Waals surface area contributed by atoms with E-state index >= 15 is 0 Å². The van der Waals surface area contributed by atoms with E-state index in [-0.39, 0.29) is 12.5 Å². The zero-order valence-electron chi connectivity index (χ0n) is 11.9. The highest BCUT2D eigenvalue weighted by Gasteiger charge is 2.21. The molecule has 1 rings (SSSR count). The summed E-state index contributed by atoms with van der Waals surface area (Å²) < 4.78 is 5.15. The van der Waals surface area contributed by atoms with E-state index in [9.17, 15) is 9.59 Å². The Bertz CT molecular complexity index is 474. The van der Waals surface area contributed by atoms with E-state index in [4.69, 9.17) is 9.84 Å². The summed E-state index contributed by atoms with van der Waals surface area (Å²) >= 11 is 0. The topological polar surface area (TPSA) is 78.9 Å². The van der Waals surface area contributed by atoms with Gasteiger partial charge in [-0.3, -0.25) is 4.79 Å². The molecular formula is C14H20N2O4. The van der Waals surface area contributed by atoms with Gasteiger partial charge in [-0.1, -0.05) is 12.1 Å². The van der Waals surface area contributed by atoms with E-state index in [1.165, 1.54) is 11.8 Å². The summed E-state index contributed by atoms with van der Waals surface area (Å²) in [5, 5.41) is 11.7. The molecule has 0 aliphatic rings. The lowest BCUT2D eigenvalue weighted by Crippen LogP contribution is -2.35. The SMILES string of the molecule is C[C@H](OC(=O)c1ccccc1NCCO)C(=O)N(C)C. The first-order valence-corrected chi connectivity index (χ1v) is 6.33. The smallest absolute Gasteiger partial charge is 0.341 e. The third kappa shape index (κ3) is 4.24. The van der Waals surface area contributed by atoms with Crippen LogP contribution < -0.4 is 5.32 Å². The van der Waals surface area contributed by atoms with Crippen molar-refractivity contribution in [2.75, 3.05) is 32.6 Å². The third-order valence-electron chi connectivity index (χ3n) is 2.65. The quantitative estimate of drug-likeness (QED) is 0.751. The van der Waals surface area contributed by atoms with Gasteiger partial charge in [0, 0.05) is 26.3 Å². The average molecular weight is 280 g/mol. The number of aliphatic hydroxyl groups is 1. The zero-order chi connectivity index (χ0) is 15.1. The number of esters is 1. The van der Waals surface area contributed by atoms with Gasteiger partial charge in [-0.2, -0.15) is 0 Å². The number of benzene rings is 1. The van der Waals surface area contributed by atoms with Gasteiger partial charge in [0.2, 0.25) is 0 Å². The van der Waals surface area contributed by atoms with Crippen LogP contribution in [0.15, 0.2) is 24.3 Å². The van der Waals surface area contributed by atoms with Crippen LogP contribution in [-0.2, 0) is 9.53 Å². The van der Waals surface area contributed by atoms with Crippen molar-refractivity contribution in [2.45, 2.75) is 13.0 Å². The summed E-state index contributed by atoms with van der Waals surface area (Å²) in [4.78, 5) is 25.1. The summed E-state index contributed by atoms with van der Waals surface area (Å²) in [5.41, 5.74) is 0.899. The van der Waals surface area contributed by atoms with Gasteiger partial charge >= 0.3 is 5.97 Å². The molecule has 0 aliphatic heterocycles. The number of hydrogen-bond acceptors (Lipinski definition) is 5. The van der Waals surface area contributed by atoms with Crippen molar-refractivity contribution in [2.24, 2.45) is 0 Å². The first-order valence-electron chi connectivity index (χ1n) is 6.33. The molecule has 0 saturated heterocycles. The number of nitrogens with one attached hydrogen (secondary N) is 1. The van der Waals surface area contributed by atoms with Gasteiger partial charge in [0.1, 0.15) is 0 Å². The Labute approximate surface area is 118 Å². The molecule has 0 radical (unpaired) electrons. The standard InChI is InChI=1S/C14H20N2O4/c1-10(13(18)16(2)3)20-14(19)11-6-4-5-7-12(11)15-8-9-17/h4-7,10,15,17H,8-9H2,1-3H3/t10-/m0/s1. The van der Waals surface area contributed by atoms with Crippen molar-refractivity contribution in [3.05, 3.63) is 29.8 Å². The summed E-state index contributed by atoms with van der Waals surface area (Å²) in [6.45, 7) is 1.82. The molecule has 1 aromatic carbocycles. The van der Waals surface area contributed by atoms with Crippen LogP contribution in [0.5, 0.6) is 0 Å². The fourth-order valence-electron chi connectivity index (χ4n) is 1.64. The second kappa shape index (κ2) is 7.49. The van der Waals surface area contributed by atoms with Crippen molar-refractivity contribution in [3.63, 3.8) is 0 Å². The van der Waals surface area contributed by atoms with Crippen LogP contribution in [0, 0.1) is 0 Å². The number of carbonyl (C=O) groups excluding carboxylic acids is 2. The van der Waals surface area contributed by atoms with E-state index in [1.54, 1.807) is 38.4 Å². The predicted octanol–water partition coefficient (Wildman–Crippen LogP) is 0.724. The van der Waals surface area contributed by atoms with Gasteiger partial charge in [0.15, 0.2) is 6.10 Å². The lowest BCUT2D eigenvalue weighted by molar-refractivity contribution is -0.137. The predicted molar refractivity (Wildman–Crippen MR) is 75.6 cm³/mol. The lowest BCUT2D eigenvalue weighted by atomic mass is 10.1. The van der Waals surface area contributed by atoms with Gasteiger partial charge in [-0.25, -0.2) is 4.79 Å². The van der Waals surface area contributed by atoms with Crippen LogP contribution in [0.1, 0.15) is 17.3 Å². The molecule has 6 nitrogen and oxygen atoms in total. The maximum atomic E-state index is 12.1. The van der Waals surface area contributed by atoms with E-state index in [1.807, 2.05) is 0 Å². The Morgan fingerprint density at radius 2 is 2.00 bits per heavy atom. The molecule has 2 N–H and O–H groups in total. The molecule has 6 heteroatoms. The highest BCUT2D eigenvalue weighted by atomic mass is 16.5. The molecule has 0 aromatic heterocycles. The van der Waals surface area contributed by atoms with Gasteiger partial charge < -0.3 is 20.1 Å². The van der Waals surface area contributed by atoms with E-state index < -0.39 is 12.1 Å². The van der Waals surface area contributed by atoms with Gasteiger partial charge in [-0.15, -0.1) is 0 Å². The van der Waals surface area contributed by atoms with Crippen LogP contribution in [0.25, 0.3) is 0 Å². The number of ether oxygens (including phenoxy) is 1. The Morgan fingerprint density at radius 3 is 2.60 bits per heavy atom. The number of aliphatic hydroxyl groups excluding tert-OH is 1. The maximum absolute atomic E-state index is 12.1. The number of amides is 1. The molecule has 0 heterocycles. The molecule has 0 unspecified atom stereocenters. The molecule has 20 heavy (non-hydrogen) atoms. The molecule has 0 saturated carbocycles. The largest absolute Gasteiger partial charge is 0.449 e. The normalized spacial score (nSPS) is 11.6. The van der Waals surface area contributed by atoms with Crippen molar-refractivity contribution < 1.29 is 19.4 Å². The van der Waals surface area contributed by atoms with Gasteiger partial charge in [0.05, 0.1) is 12.2 Å². The Kier molecular flexibility index (Phi) is 5.99. The maximum Gasteiger partial charge on any atom is 0.341 e. The summed E-state index contributed by atoms with van der Waals surface area (Å²) in [7, 11) is 3.20. The van der Waals surface area contributed by atoms with Gasteiger partial charge in [0.25, 0.3) is 5.91 Å². The molecule has 0 fully saturated rings. The van der Waals surface area contributed by atoms with Crippen LogP contribution in [0.2, 0.25) is 0 Å². The Morgan fingerprint density at radius 1 is 1.35 bits per heavy atom. The minimum atomic E-state index is -0.844. The summed E-state index contributed by atoms with van der Waals surface area (Å²) in [6, 6.07) is 6.80. The summed E-state index contributed by atoms with van der Waals surface area (Å²) in [6.07, 6.45) is -0.844. The highest BCUT2D eigenvalue weighted by Crippen LogP contribution is 2.16. The first-order chi connectivity index (χ1) is 9.47. The number of nitrogens with zero attached hydrogens (tertiary/aromatic N) is 1. The highest BCUT2D eigenvalue weighted by molar-refractivity contribution is 5.97. The van der Waals surface area contributed by atoms with Crippen molar-refractivity contribution in [3.8, 4) is 0 Å². The first kappa shape index (κ1) is 16.0. The molecule has 1 atom stereocenters. The number of rotatable bonds is 6. The molecule has 1 amide bonds. The Hall–Kier alpha value is -2.08. The number of para-hydroxylation sites is 1. The number of anilines is 1. The summed E-state index contributed by atoms with van der Waals surface area (Å²) in [5.74, 6) is -0.854. The molecule has 110 valence electrons. The minimum Gasteiger partial charge on any atom is -0.449 e. The third-order valence-corrected chi connectivity index (χ3v) is 2.65. The average Bonchev–Trinajstić information content (AvgIpc) is 2.44. The lowest BCUT2D eigenvalue weighted by Gasteiger charge is -2.18. The Balaban J connectivity index is 2.79. The van der Waals surface area contributed by atoms with Crippen molar-refractivity contribution >= 4 is 17.6 Å². The number of carbonyl (C=O) groups is 2. The second-order valence-corrected chi connectivity index (χ2v) is 4.48. The second-order valence-electron chi connectivity index (χ2n) is 4.48. The minimum absolute atomic E-state index is 0.0428. The van der Waals surface area contributed by atoms with Crippen LogP contribution in [0.4, 0.5) is 5.69 Å². The molecule has 1 aromatic rings. The zero-order valence-corrected chi connectivity index (χ0v) is 11.9. The fourth-order valence-corrected chi connectivity index (χ4v) is 1.64. The van der Waals surface area contributed by atoms with Crippen molar-refractivity contribution in [1.29, 1.82) is 0 Å². The number of likely N-dealkylation sites (N-methyl/N-ethyl adjacent to an activating group) is 1. The monoisotopic (exact) mass is 280 g/mol. The van der Waals surface area contributed by atoms with Crippen LogP contribution in [0.3, 0.4) is 0 Å². The van der Waals surface area contributed by atoms with E-state index in [0.29, 0.717) is 17.8 Å². The van der Waals surface area contributed by atoms with Crippen LogP contribution >= 0.6 is 0 Å². The van der Waals surface area contributed by atoms with Crippen LogP contribution in [-0.4, -0.2) is 55.2 Å². The molecule has 0 aliphatic carbocycles. The van der Waals surface area contributed by atoms with Gasteiger partial charge in [-0.05, 0) is 19.1 Å². The van der Waals surface area contributed by atoms with E-state index in [2.05, 4.69) is 5.32 Å². The van der Waals surface area contributed by atoms with E-state index in [0.717, 1.165) is 0 Å². The fraction of sp³-hybridized carbons (Fsp3) is 0.429. The number of hydrogen-bond donors (Lipinski definition) is 2. The molecule has 0 spiro atoms.